The molecule has 1 aliphatic rings. The highest BCUT2D eigenvalue weighted by Crippen LogP contribution is 2.32. The van der Waals surface area contributed by atoms with Gasteiger partial charge in [-0.15, -0.1) is 11.3 Å². The summed E-state index contributed by atoms with van der Waals surface area (Å²) in [5, 5.41) is 1.13. The molecule has 3 nitrogen and oxygen atoms in total. The van der Waals surface area contributed by atoms with Crippen molar-refractivity contribution >= 4 is 11.3 Å². The van der Waals surface area contributed by atoms with Crippen molar-refractivity contribution in [2.75, 3.05) is 19.8 Å². The van der Waals surface area contributed by atoms with Gasteiger partial charge >= 0.3 is 0 Å². The van der Waals surface area contributed by atoms with Crippen LogP contribution in [0, 0.1) is 12.3 Å². The largest absolute Gasteiger partial charge is 0.381 e. The summed E-state index contributed by atoms with van der Waals surface area (Å²) in [6, 6.07) is 0. The Morgan fingerprint density at radius 1 is 1.71 bits per heavy atom. The van der Waals surface area contributed by atoms with Gasteiger partial charge in [0.25, 0.3) is 0 Å². The van der Waals surface area contributed by atoms with E-state index >= 15 is 0 Å². The monoisotopic (exact) mass is 212 g/mol. The fourth-order valence-corrected chi connectivity index (χ4v) is 2.85. The number of hydrogen-bond donors (Lipinski definition) is 1. The van der Waals surface area contributed by atoms with Crippen molar-refractivity contribution in [2.45, 2.75) is 19.8 Å². The van der Waals surface area contributed by atoms with Crippen LogP contribution in [0.25, 0.3) is 0 Å². The highest BCUT2D eigenvalue weighted by Gasteiger charge is 2.34. The molecule has 0 saturated carbocycles. The van der Waals surface area contributed by atoms with Crippen LogP contribution >= 0.6 is 11.3 Å². The summed E-state index contributed by atoms with van der Waals surface area (Å²) in [5.41, 5.74) is 6.01. The Labute approximate surface area is 88.3 Å². The average Bonchev–Trinajstić information content (AvgIpc) is 2.77. The van der Waals surface area contributed by atoms with Crippen molar-refractivity contribution in [1.29, 1.82) is 0 Å². The third-order valence-electron chi connectivity index (χ3n) is 2.84. The molecule has 78 valence electrons. The summed E-state index contributed by atoms with van der Waals surface area (Å²) in [6.07, 6.45) is 4.07. The molecule has 0 spiro atoms. The van der Waals surface area contributed by atoms with E-state index in [9.17, 15) is 0 Å². The quantitative estimate of drug-likeness (QED) is 0.823. The molecule has 1 aromatic heterocycles. The van der Waals surface area contributed by atoms with Crippen molar-refractivity contribution < 1.29 is 4.74 Å². The van der Waals surface area contributed by atoms with Crippen LogP contribution in [0.3, 0.4) is 0 Å². The van der Waals surface area contributed by atoms with Crippen LogP contribution in [0.5, 0.6) is 0 Å². The average molecular weight is 212 g/mol. The van der Waals surface area contributed by atoms with E-state index in [2.05, 4.69) is 4.98 Å². The molecule has 2 rings (SSSR count). The molecule has 1 aliphatic heterocycles. The zero-order chi connectivity index (χ0) is 10.0. The normalized spacial score (nSPS) is 27.0. The van der Waals surface area contributed by atoms with E-state index in [1.807, 2.05) is 13.1 Å². The first-order valence-electron chi connectivity index (χ1n) is 4.93. The number of nitrogens with zero attached hydrogens (tertiary/aromatic N) is 1. The zero-order valence-corrected chi connectivity index (χ0v) is 9.27. The van der Waals surface area contributed by atoms with E-state index in [0.29, 0.717) is 6.54 Å². The highest BCUT2D eigenvalue weighted by molar-refractivity contribution is 7.11. The topological polar surface area (TPSA) is 48.1 Å². The maximum absolute atomic E-state index is 5.83. The smallest absolute Gasteiger partial charge is 0.0896 e. The van der Waals surface area contributed by atoms with Crippen LogP contribution < -0.4 is 5.73 Å². The molecule has 1 unspecified atom stereocenters. The molecule has 2 heterocycles. The Bertz CT molecular complexity index is 305. The number of thiazole rings is 1. The van der Waals surface area contributed by atoms with Crippen molar-refractivity contribution in [3.8, 4) is 0 Å². The van der Waals surface area contributed by atoms with Gasteiger partial charge in [0.15, 0.2) is 0 Å². The van der Waals surface area contributed by atoms with Gasteiger partial charge in [-0.3, -0.25) is 0 Å². The molecular weight excluding hydrogens is 196 g/mol. The molecule has 0 amide bonds. The van der Waals surface area contributed by atoms with Gasteiger partial charge in [0.1, 0.15) is 0 Å². The van der Waals surface area contributed by atoms with Gasteiger partial charge in [0, 0.05) is 29.6 Å². The number of hydrogen-bond acceptors (Lipinski definition) is 4. The van der Waals surface area contributed by atoms with Crippen molar-refractivity contribution in [2.24, 2.45) is 11.1 Å². The van der Waals surface area contributed by atoms with Gasteiger partial charge in [-0.2, -0.15) is 0 Å². The molecule has 1 atom stereocenters. The highest BCUT2D eigenvalue weighted by atomic mass is 32.1. The lowest BCUT2D eigenvalue weighted by Gasteiger charge is -2.24. The SMILES string of the molecule is Cc1ncc(CC2(CN)CCOC2)s1. The summed E-state index contributed by atoms with van der Waals surface area (Å²) in [5.74, 6) is 0. The van der Waals surface area contributed by atoms with Gasteiger partial charge in [0.05, 0.1) is 11.6 Å². The van der Waals surface area contributed by atoms with E-state index in [-0.39, 0.29) is 5.41 Å². The van der Waals surface area contributed by atoms with Gasteiger partial charge in [-0.25, -0.2) is 4.98 Å². The van der Waals surface area contributed by atoms with Crippen molar-refractivity contribution in [3.63, 3.8) is 0 Å². The minimum Gasteiger partial charge on any atom is -0.381 e. The summed E-state index contributed by atoms with van der Waals surface area (Å²) in [6.45, 7) is 4.41. The number of aromatic nitrogens is 1. The van der Waals surface area contributed by atoms with Crippen LogP contribution in [0.2, 0.25) is 0 Å². The zero-order valence-electron chi connectivity index (χ0n) is 8.45. The van der Waals surface area contributed by atoms with Crippen LogP contribution in [-0.4, -0.2) is 24.7 Å². The minimum absolute atomic E-state index is 0.180. The van der Waals surface area contributed by atoms with Gasteiger partial charge in [-0.1, -0.05) is 0 Å². The molecule has 1 saturated heterocycles. The number of rotatable bonds is 3. The first-order valence-corrected chi connectivity index (χ1v) is 5.75. The first kappa shape index (κ1) is 10.1. The Balaban J connectivity index is 2.08. The molecule has 4 heteroatoms. The van der Waals surface area contributed by atoms with Gasteiger partial charge in [-0.05, 0) is 19.8 Å². The fourth-order valence-electron chi connectivity index (χ4n) is 1.88. The second-order valence-corrected chi connectivity index (χ2v) is 5.35. The summed E-state index contributed by atoms with van der Waals surface area (Å²) in [4.78, 5) is 5.59. The summed E-state index contributed by atoms with van der Waals surface area (Å²) >= 11 is 1.77. The van der Waals surface area contributed by atoms with E-state index in [0.717, 1.165) is 31.1 Å². The van der Waals surface area contributed by atoms with E-state index in [1.165, 1.54) is 4.88 Å². The second kappa shape index (κ2) is 3.96. The molecule has 0 aromatic carbocycles. The Kier molecular flexibility index (Phi) is 2.85. The number of ether oxygens (including phenoxy) is 1. The lowest BCUT2D eigenvalue weighted by Crippen LogP contribution is -2.32. The lowest BCUT2D eigenvalue weighted by atomic mass is 9.83. The third-order valence-corrected chi connectivity index (χ3v) is 3.75. The molecule has 14 heavy (non-hydrogen) atoms. The molecule has 1 fully saturated rings. The number of nitrogens with two attached hydrogens (primary N) is 1. The first-order chi connectivity index (χ1) is 6.74. The maximum Gasteiger partial charge on any atom is 0.0896 e. The molecule has 2 N–H and O–H groups in total. The maximum atomic E-state index is 5.83. The fraction of sp³-hybridized carbons (Fsp3) is 0.700. The standard InChI is InChI=1S/C10H16N2OS/c1-8-12-5-9(14-8)4-10(6-11)2-3-13-7-10/h5H,2-4,6-7,11H2,1H3. The number of aryl methyl sites for hydroxylation is 1. The van der Waals surface area contributed by atoms with Crippen LogP contribution in [0.15, 0.2) is 6.20 Å². The lowest BCUT2D eigenvalue weighted by molar-refractivity contribution is 0.155. The Morgan fingerprint density at radius 3 is 3.07 bits per heavy atom. The summed E-state index contributed by atoms with van der Waals surface area (Å²) < 4.78 is 5.43. The minimum atomic E-state index is 0.180. The van der Waals surface area contributed by atoms with E-state index in [1.54, 1.807) is 11.3 Å². The van der Waals surface area contributed by atoms with Crippen LogP contribution in [-0.2, 0) is 11.2 Å². The van der Waals surface area contributed by atoms with Crippen LogP contribution in [0.4, 0.5) is 0 Å². The molecule has 1 aromatic rings. The predicted octanol–water partition coefficient (Wildman–Crippen LogP) is 1.36. The van der Waals surface area contributed by atoms with E-state index < -0.39 is 0 Å². The van der Waals surface area contributed by atoms with Gasteiger partial charge in [0.2, 0.25) is 0 Å². The summed E-state index contributed by atoms with van der Waals surface area (Å²) in [7, 11) is 0. The van der Waals surface area contributed by atoms with Gasteiger partial charge < -0.3 is 10.5 Å². The molecule has 0 bridgehead atoms. The Hall–Kier alpha value is -0.450. The third kappa shape index (κ3) is 1.97. The predicted molar refractivity (Wildman–Crippen MR) is 57.5 cm³/mol. The Morgan fingerprint density at radius 2 is 2.57 bits per heavy atom. The van der Waals surface area contributed by atoms with E-state index in [4.69, 9.17) is 10.5 Å². The second-order valence-electron chi connectivity index (χ2n) is 4.03. The van der Waals surface area contributed by atoms with Crippen LogP contribution in [0.1, 0.15) is 16.3 Å². The van der Waals surface area contributed by atoms with Crippen molar-refractivity contribution in [3.05, 3.63) is 16.1 Å². The molecular formula is C10H16N2OS. The molecule has 0 radical (unpaired) electrons. The van der Waals surface area contributed by atoms with Crippen molar-refractivity contribution in [1.82, 2.24) is 4.98 Å². The molecule has 0 aliphatic carbocycles.